The van der Waals surface area contributed by atoms with Crippen LogP contribution in [0.2, 0.25) is 0 Å². The van der Waals surface area contributed by atoms with E-state index in [9.17, 15) is 0 Å². The molecule has 0 aromatic carbocycles. The molecule has 0 saturated heterocycles. The summed E-state index contributed by atoms with van der Waals surface area (Å²) in [5.74, 6) is 0. The molecule has 0 aliphatic heterocycles. The van der Waals surface area contributed by atoms with E-state index in [1.807, 2.05) is 24.8 Å². The molecule has 0 fully saturated rings. The predicted octanol–water partition coefficient (Wildman–Crippen LogP) is -3.73. The molecule has 17 heavy (non-hydrogen) atoms. The molecule has 2 aromatic rings. The van der Waals surface area contributed by atoms with Crippen LogP contribution in [0.25, 0.3) is 0 Å². The van der Waals surface area contributed by atoms with E-state index in [0.29, 0.717) is 0 Å². The Morgan fingerprint density at radius 3 is 1.24 bits per heavy atom. The molecule has 2 rings (SSSR count). The van der Waals surface area contributed by atoms with Crippen LogP contribution >= 0.6 is 0 Å². The van der Waals surface area contributed by atoms with Gasteiger partial charge < -0.3 is 34.0 Å². The predicted molar refractivity (Wildman–Crippen MR) is 55.9 cm³/mol. The first-order valence-electron chi connectivity index (χ1n) is 4.73. The summed E-state index contributed by atoms with van der Waals surface area (Å²) in [5.41, 5.74) is 2.66. The fourth-order valence-corrected chi connectivity index (χ4v) is 1.39. The molecule has 2 nitrogen and oxygen atoms in total. The third-order valence-electron chi connectivity index (χ3n) is 2.20. The Balaban J connectivity index is 0. The number of hydrogen-bond donors (Lipinski definition) is 0. The van der Waals surface area contributed by atoms with Gasteiger partial charge in [-0.25, -0.2) is 0 Å². The van der Waals surface area contributed by atoms with Crippen LogP contribution in [0.3, 0.4) is 0 Å². The van der Waals surface area contributed by atoms with Crippen LogP contribution in [0.5, 0.6) is 0 Å². The largest absolute Gasteiger partial charge is 2.00 e. The third kappa shape index (κ3) is 7.02. The van der Waals surface area contributed by atoms with E-state index in [-0.39, 0.29) is 53.4 Å². The molecule has 5 heteroatoms. The van der Waals surface area contributed by atoms with E-state index in [0.717, 1.165) is 12.8 Å². The van der Waals surface area contributed by atoms with Crippen molar-refractivity contribution >= 4 is 0 Å². The standard InChI is InChI=1S/C12H12N2.2BrH.Zn/c1(11-3-7-13-8-4-11)2-12-5-9-14-10-6-12;;;/h3-10H,1-2H2;2*1H;/q;;;+2/p-2. The summed E-state index contributed by atoms with van der Waals surface area (Å²) in [6.45, 7) is 0. The third-order valence-corrected chi connectivity index (χ3v) is 2.20. The van der Waals surface area contributed by atoms with E-state index in [1.165, 1.54) is 11.1 Å². The Morgan fingerprint density at radius 1 is 0.647 bits per heavy atom. The normalized spacial score (nSPS) is 8.24. The summed E-state index contributed by atoms with van der Waals surface area (Å²) in [5, 5.41) is 0. The Kier molecular flexibility index (Phi) is 12.4. The number of aromatic nitrogens is 2. The molecule has 0 N–H and O–H groups in total. The van der Waals surface area contributed by atoms with Crippen molar-refractivity contribution in [2.45, 2.75) is 12.8 Å². The number of halogens is 2. The van der Waals surface area contributed by atoms with Gasteiger partial charge in [-0.1, -0.05) is 0 Å². The first-order chi connectivity index (χ1) is 6.95. The van der Waals surface area contributed by atoms with Crippen molar-refractivity contribution in [2.75, 3.05) is 0 Å². The maximum atomic E-state index is 3.99. The molecule has 0 spiro atoms. The second-order valence-electron chi connectivity index (χ2n) is 3.21. The van der Waals surface area contributed by atoms with Crippen LogP contribution in [0.15, 0.2) is 49.1 Å². The second-order valence-corrected chi connectivity index (χ2v) is 3.21. The molecule has 0 amide bonds. The summed E-state index contributed by atoms with van der Waals surface area (Å²) in [6.07, 6.45) is 9.46. The average Bonchev–Trinajstić information content (AvgIpc) is 2.29. The quantitative estimate of drug-likeness (QED) is 0.488. The van der Waals surface area contributed by atoms with Crippen molar-refractivity contribution in [1.29, 1.82) is 0 Å². The zero-order chi connectivity index (χ0) is 9.64. The molecule has 0 bridgehead atoms. The SMILES string of the molecule is [Br-].[Br-].[Zn+2].c1cc(CCc2ccncc2)ccn1. The van der Waals surface area contributed by atoms with Gasteiger partial charge in [0.05, 0.1) is 0 Å². The number of rotatable bonds is 3. The van der Waals surface area contributed by atoms with Crippen molar-refractivity contribution in [3.05, 3.63) is 60.2 Å². The first kappa shape index (κ1) is 19.2. The van der Waals surface area contributed by atoms with Gasteiger partial charge in [0, 0.05) is 24.8 Å². The molecule has 0 aliphatic rings. The molecule has 0 atom stereocenters. The van der Waals surface area contributed by atoms with E-state index in [1.54, 1.807) is 0 Å². The minimum atomic E-state index is 0. The number of nitrogens with zero attached hydrogens (tertiary/aromatic N) is 2. The monoisotopic (exact) mass is 406 g/mol. The van der Waals surface area contributed by atoms with Gasteiger partial charge in [-0.15, -0.1) is 0 Å². The van der Waals surface area contributed by atoms with Crippen LogP contribution in [0, 0.1) is 0 Å². The molecule has 0 radical (unpaired) electrons. The van der Waals surface area contributed by atoms with Gasteiger partial charge >= 0.3 is 19.5 Å². The van der Waals surface area contributed by atoms with Crippen LogP contribution in [-0.2, 0) is 32.3 Å². The summed E-state index contributed by atoms with van der Waals surface area (Å²) in [4.78, 5) is 7.98. The van der Waals surface area contributed by atoms with Gasteiger partial charge in [0.25, 0.3) is 0 Å². The van der Waals surface area contributed by atoms with E-state index in [4.69, 9.17) is 0 Å². The molecular weight excluding hydrogens is 397 g/mol. The van der Waals surface area contributed by atoms with Crippen molar-refractivity contribution in [2.24, 2.45) is 0 Å². The Bertz CT molecular complexity index is 345. The molecule has 0 saturated carbocycles. The molecule has 0 aliphatic carbocycles. The fourth-order valence-electron chi connectivity index (χ4n) is 1.39. The van der Waals surface area contributed by atoms with Crippen molar-refractivity contribution in [3.63, 3.8) is 0 Å². The average molecular weight is 409 g/mol. The van der Waals surface area contributed by atoms with E-state index >= 15 is 0 Å². The summed E-state index contributed by atoms with van der Waals surface area (Å²) in [7, 11) is 0. The maximum absolute atomic E-state index is 3.99. The van der Waals surface area contributed by atoms with Gasteiger partial charge in [-0.05, 0) is 48.2 Å². The Labute approximate surface area is 136 Å². The first-order valence-corrected chi connectivity index (χ1v) is 4.73. The van der Waals surface area contributed by atoms with Crippen LogP contribution in [0.1, 0.15) is 11.1 Å². The smallest absolute Gasteiger partial charge is 1.00 e. The molecule has 2 aromatic heterocycles. The number of hydrogen-bond acceptors (Lipinski definition) is 2. The van der Waals surface area contributed by atoms with Gasteiger partial charge in [0.15, 0.2) is 0 Å². The van der Waals surface area contributed by atoms with E-state index in [2.05, 4.69) is 34.2 Å². The second kappa shape index (κ2) is 11.0. The van der Waals surface area contributed by atoms with Crippen molar-refractivity contribution in [3.8, 4) is 0 Å². The topological polar surface area (TPSA) is 25.8 Å². The van der Waals surface area contributed by atoms with Crippen LogP contribution in [0.4, 0.5) is 0 Å². The van der Waals surface area contributed by atoms with Gasteiger partial charge in [-0.2, -0.15) is 0 Å². The number of pyridine rings is 2. The zero-order valence-electron chi connectivity index (χ0n) is 9.39. The molecular formula is C12H12Br2N2Zn. The summed E-state index contributed by atoms with van der Waals surface area (Å²) in [6, 6.07) is 8.23. The summed E-state index contributed by atoms with van der Waals surface area (Å²) >= 11 is 0. The Hall–Kier alpha value is -0.117. The minimum Gasteiger partial charge on any atom is -1.00 e. The molecule has 0 unspecified atom stereocenters. The maximum Gasteiger partial charge on any atom is 2.00 e. The van der Waals surface area contributed by atoms with E-state index < -0.39 is 0 Å². The van der Waals surface area contributed by atoms with Crippen LogP contribution in [-0.4, -0.2) is 9.97 Å². The van der Waals surface area contributed by atoms with Gasteiger partial charge in [0.2, 0.25) is 0 Å². The Morgan fingerprint density at radius 2 is 0.941 bits per heavy atom. The number of aryl methyl sites for hydroxylation is 2. The van der Waals surface area contributed by atoms with Crippen molar-refractivity contribution in [1.82, 2.24) is 9.97 Å². The minimum absolute atomic E-state index is 0. The van der Waals surface area contributed by atoms with Gasteiger partial charge in [-0.3, -0.25) is 9.97 Å². The van der Waals surface area contributed by atoms with Crippen molar-refractivity contribution < 1.29 is 53.4 Å². The van der Waals surface area contributed by atoms with Crippen LogP contribution < -0.4 is 34.0 Å². The fraction of sp³-hybridized carbons (Fsp3) is 0.167. The van der Waals surface area contributed by atoms with Gasteiger partial charge in [0.1, 0.15) is 0 Å². The molecule has 2 heterocycles. The molecule has 86 valence electrons. The zero-order valence-corrected chi connectivity index (χ0v) is 15.5. The summed E-state index contributed by atoms with van der Waals surface area (Å²) < 4.78 is 0.